The van der Waals surface area contributed by atoms with Crippen LogP contribution in [-0.4, -0.2) is 22.8 Å². The molecule has 28 heavy (non-hydrogen) atoms. The molecule has 1 aromatic heterocycles. The van der Waals surface area contributed by atoms with Crippen LogP contribution in [0.5, 0.6) is 5.75 Å². The molecular formula is C19H13ClN2O5S. The van der Waals surface area contributed by atoms with Gasteiger partial charge in [-0.2, -0.15) is 0 Å². The third kappa shape index (κ3) is 4.36. The van der Waals surface area contributed by atoms with E-state index in [4.69, 9.17) is 16.3 Å². The first-order valence-electron chi connectivity index (χ1n) is 7.92. The van der Waals surface area contributed by atoms with Gasteiger partial charge in [-0.15, -0.1) is 11.3 Å². The number of methoxy groups -OCH3 is 1. The number of hydrogen-bond acceptors (Lipinski definition) is 6. The van der Waals surface area contributed by atoms with E-state index in [0.29, 0.717) is 26.1 Å². The van der Waals surface area contributed by atoms with Gasteiger partial charge < -0.3 is 9.72 Å². The average Bonchev–Trinajstić information content (AvgIpc) is 3.01. The van der Waals surface area contributed by atoms with E-state index < -0.39 is 10.5 Å². The normalized spacial score (nSPS) is 12.2. The summed E-state index contributed by atoms with van der Waals surface area (Å²) >= 11 is 6.87. The summed E-state index contributed by atoms with van der Waals surface area (Å²) in [6.07, 6.45) is 2.83. The van der Waals surface area contributed by atoms with Crippen molar-refractivity contribution < 1.29 is 14.5 Å². The fraction of sp³-hybridized carbons (Fsp3) is 0.0526. The molecule has 1 heterocycles. The second kappa shape index (κ2) is 8.20. The van der Waals surface area contributed by atoms with E-state index in [9.17, 15) is 19.7 Å². The van der Waals surface area contributed by atoms with Gasteiger partial charge >= 0.3 is 0 Å². The standard InChI is InChI=1S/C19H13ClN2O5S/c1-27-13-5-3-12(4-6-13)16(23)10-18-21-19(24)17(28-18)9-11-2-7-14(20)15(8-11)22(25)26/h2-10H,1H3,(H,21,24)/b17-9+,18-10+. The Labute approximate surface area is 167 Å². The smallest absolute Gasteiger partial charge is 0.288 e. The van der Waals surface area contributed by atoms with E-state index in [0.717, 1.165) is 11.3 Å². The van der Waals surface area contributed by atoms with E-state index in [1.165, 1.54) is 31.4 Å². The van der Waals surface area contributed by atoms with E-state index >= 15 is 0 Å². The van der Waals surface area contributed by atoms with Crippen molar-refractivity contribution >= 4 is 46.6 Å². The number of aromatic amines is 1. The van der Waals surface area contributed by atoms with Crippen LogP contribution in [0.1, 0.15) is 15.9 Å². The average molecular weight is 417 g/mol. The number of thiazole rings is 1. The highest BCUT2D eigenvalue weighted by atomic mass is 35.5. The van der Waals surface area contributed by atoms with Gasteiger partial charge in [-0.3, -0.25) is 19.7 Å². The number of nitrogens with zero attached hydrogens (tertiary/aromatic N) is 1. The van der Waals surface area contributed by atoms with Crippen molar-refractivity contribution in [1.82, 2.24) is 4.98 Å². The summed E-state index contributed by atoms with van der Waals surface area (Å²) in [6.45, 7) is 0. The molecule has 0 fully saturated rings. The minimum atomic E-state index is -0.592. The molecule has 0 saturated heterocycles. The Morgan fingerprint density at radius 2 is 1.96 bits per heavy atom. The highest BCUT2D eigenvalue weighted by Gasteiger charge is 2.12. The van der Waals surface area contributed by atoms with E-state index in [1.54, 1.807) is 30.3 Å². The number of rotatable bonds is 5. The van der Waals surface area contributed by atoms with Crippen molar-refractivity contribution in [2.24, 2.45) is 0 Å². The molecule has 0 bridgehead atoms. The largest absolute Gasteiger partial charge is 0.497 e. The maximum Gasteiger partial charge on any atom is 0.288 e. The van der Waals surface area contributed by atoms with Crippen LogP contribution in [0.25, 0.3) is 12.2 Å². The summed E-state index contributed by atoms with van der Waals surface area (Å²) in [6, 6.07) is 10.9. The van der Waals surface area contributed by atoms with E-state index in [-0.39, 0.29) is 16.5 Å². The summed E-state index contributed by atoms with van der Waals surface area (Å²) in [5.41, 5.74) is 0.270. The molecule has 0 aliphatic carbocycles. The molecule has 3 rings (SSSR count). The molecule has 0 amide bonds. The topological polar surface area (TPSA) is 102 Å². The molecule has 2 aromatic carbocycles. The van der Waals surface area contributed by atoms with Gasteiger partial charge in [0, 0.05) is 17.7 Å². The molecule has 0 aliphatic heterocycles. The molecular weight excluding hydrogens is 404 g/mol. The highest BCUT2D eigenvalue weighted by Crippen LogP contribution is 2.25. The van der Waals surface area contributed by atoms with E-state index in [1.807, 2.05) is 0 Å². The number of hydrogen-bond donors (Lipinski definition) is 1. The zero-order chi connectivity index (χ0) is 20.3. The molecule has 0 atom stereocenters. The monoisotopic (exact) mass is 416 g/mol. The fourth-order valence-electron chi connectivity index (χ4n) is 2.39. The number of ketones is 1. The van der Waals surface area contributed by atoms with Crippen molar-refractivity contribution in [2.75, 3.05) is 7.11 Å². The number of nitro benzene ring substituents is 1. The van der Waals surface area contributed by atoms with Gasteiger partial charge in [0.2, 0.25) is 0 Å². The lowest BCUT2D eigenvalue weighted by Crippen LogP contribution is -2.20. The number of H-pyrrole nitrogens is 1. The minimum absolute atomic E-state index is 0.0151. The molecule has 9 heteroatoms. The van der Waals surface area contributed by atoms with Crippen LogP contribution < -0.4 is 19.5 Å². The molecule has 0 unspecified atom stereocenters. The second-order valence-electron chi connectivity index (χ2n) is 5.63. The first kappa shape index (κ1) is 19.5. The van der Waals surface area contributed by atoms with Gasteiger partial charge in [0.25, 0.3) is 11.2 Å². The van der Waals surface area contributed by atoms with Crippen LogP contribution in [0.3, 0.4) is 0 Å². The molecule has 0 radical (unpaired) electrons. The zero-order valence-corrected chi connectivity index (χ0v) is 16.0. The van der Waals surface area contributed by atoms with Crippen LogP contribution in [0.4, 0.5) is 5.69 Å². The third-order valence-electron chi connectivity index (χ3n) is 3.78. The van der Waals surface area contributed by atoms with Crippen LogP contribution in [0.2, 0.25) is 5.02 Å². The molecule has 7 nitrogen and oxygen atoms in total. The predicted molar refractivity (Wildman–Crippen MR) is 108 cm³/mol. The second-order valence-corrected chi connectivity index (χ2v) is 7.13. The molecule has 1 N–H and O–H groups in total. The van der Waals surface area contributed by atoms with Gasteiger partial charge in [-0.1, -0.05) is 17.7 Å². The summed E-state index contributed by atoms with van der Waals surface area (Å²) in [5.74, 6) is 0.365. The number of nitro groups is 1. The summed E-state index contributed by atoms with van der Waals surface area (Å²) < 4.78 is 5.74. The number of ether oxygens (including phenoxy) is 1. The summed E-state index contributed by atoms with van der Waals surface area (Å²) in [4.78, 5) is 37.5. The Balaban J connectivity index is 1.96. The minimum Gasteiger partial charge on any atom is -0.497 e. The number of Topliss-reactive ketones (excluding diaryl/α,β-unsaturated/α-hetero) is 1. The molecule has 142 valence electrons. The van der Waals surface area contributed by atoms with E-state index in [2.05, 4.69) is 4.98 Å². The van der Waals surface area contributed by atoms with Crippen LogP contribution in [-0.2, 0) is 0 Å². The van der Waals surface area contributed by atoms with Gasteiger partial charge in [-0.25, -0.2) is 0 Å². The SMILES string of the molecule is COc1ccc(C(=O)/C=c2\[nH]c(=O)/c(=C\c3ccc(Cl)c([N+](=O)[O-])c3)s2)cc1. The Morgan fingerprint density at radius 3 is 2.61 bits per heavy atom. The van der Waals surface area contributed by atoms with Crippen molar-refractivity contribution in [3.8, 4) is 5.75 Å². The Hall–Kier alpha value is -3.23. The van der Waals surface area contributed by atoms with Crippen LogP contribution >= 0.6 is 22.9 Å². The quantitative estimate of drug-likeness (QED) is 0.391. The van der Waals surface area contributed by atoms with Crippen molar-refractivity contribution in [3.05, 3.63) is 88.3 Å². The maximum atomic E-state index is 12.3. The fourth-order valence-corrected chi connectivity index (χ4v) is 3.46. The van der Waals surface area contributed by atoms with Gasteiger partial charge in [0.1, 0.15) is 10.8 Å². The van der Waals surface area contributed by atoms with Crippen molar-refractivity contribution in [2.45, 2.75) is 0 Å². The Morgan fingerprint density at radius 1 is 1.25 bits per heavy atom. The first-order valence-corrected chi connectivity index (χ1v) is 9.12. The van der Waals surface area contributed by atoms with Gasteiger partial charge in [0.05, 0.1) is 21.2 Å². The van der Waals surface area contributed by atoms with Gasteiger partial charge in [-0.05, 0) is 42.0 Å². The Kier molecular flexibility index (Phi) is 5.72. The summed E-state index contributed by atoms with van der Waals surface area (Å²) in [7, 11) is 1.53. The molecule has 0 spiro atoms. The number of benzene rings is 2. The number of aromatic nitrogens is 1. The van der Waals surface area contributed by atoms with Crippen molar-refractivity contribution in [1.29, 1.82) is 0 Å². The number of carbonyl (C=O) groups is 1. The van der Waals surface area contributed by atoms with Gasteiger partial charge in [0.15, 0.2) is 5.78 Å². The molecule has 0 saturated carbocycles. The molecule has 0 aliphatic rings. The lowest BCUT2D eigenvalue weighted by molar-refractivity contribution is -0.384. The Bertz CT molecular complexity index is 1230. The van der Waals surface area contributed by atoms with Crippen LogP contribution in [0.15, 0.2) is 47.3 Å². The third-order valence-corrected chi connectivity index (χ3v) is 5.06. The highest BCUT2D eigenvalue weighted by molar-refractivity contribution is 7.07. The predicted octanol–water partition coefficient (Wildman–Crippen LogP) is 2.50. The van der Waals surface area contributed by atoms with Crippen LogP contribution in [0, 0.1) is 10.1 Å². The summed E-state index contributed by atoms with van der Waals surface area (Å²) in [5, 5.41) is 11.0. The lowest BCUT2D eigenvalue weighted by Gasteiger charge is -1.99. The lowest BCUT2D eigenvalue weighted by atomic mass is 10.1. The number of carbonyl (C=O) groups excluding carboxylic acids is 1. The number of halogens is 1. The van der Waals surface area contributed by atoms with Crippen molar-refractivity contribution in [3.63, 3.8) is 0 Å². The molecule has 3 aromatic rings. The maximum absolute atomic E-state index is 12.3. The zero-order valence-electron chi connectivity index (χ0n) is 14.5. The first-order chi connectivity index (χ1) is 13.4. The number of nitrogens with one attached hydrogen (secondary N) is 1.